The van der Waals surface area contributed by atoms with E-state index < -0.39 is 0 Å². The van der Waals surface area contributed by atoms with Crippen molar-refractivity contribution in [1.29, 1.82) is 0 Å². The van der Waals surface area contributed by atoms with Crippen LogP contribution in [0.25, 0.3) is 5.82 Å². The Kier molecular flexibility index (Phi) is 4.27. The van der Waals surface area contributed by atoms with Crippen LogP contribution in [-0.4, -0.2) is 39.7 Å². The van der Waals surface area contributed by atoms with Gasteiger partial charge < -0.3 is 9.47 Å². The molecule has 3 rings (SSSR count). The first kappa shape index (κ1) is 15.5. The van der Waals surface area contributed by atoms with Crippen LogP contribution in [0.5, 0.6) is 5.88 Å². The first-order valence-electron chi connectivity index (χ1n) is 7.76. The van der Waals surface area contributed by atoms with E-state index in [0.29, 0.717) is 42.1 Å². The Morgan fingerprint density at radius 2 is 2.17 bits per heavy atom. The molecule has 2 atom stereocenters. The highest BCUT2D eigenvalue weighted by Gasteiger charge is 2.34. The van der Waals surface area contributed by atoms with Crippen LogP contribution in [0.4, 0.5) is 0 Å². The number of carbonyl (C=O) groups is 1. The number of aromatic nitrogens is 4. The zero-order valence-electron chi connectivity index (χ0n) is 13.5. The van der Waals surface area contributed by atoms with Gasteiger partial charge in [-0.05, 0) is 30.7 Å². The van der Waals surface area contributed by atoms with Crippen molar-refractivity contribution in [2.24, 2.45) is 11.8 Å². The van der Waals surface area contributed by atoms with Crippen molar-refractivity contribution in [3.63, 3.8) is 0 Å². The van der Waals surface area contributed by atoms with E-state index in [0.717, 1.165) is 12.1 Å². The largest absolute Gasteiger partial charge is 0.480 e. The molecule has 0 bridgehead atoms. The molecule has 7 nitrogen and oxygen atoms in total. The predicted octanol–water partition coefficient (Wildman–Crippen LogP) is 2.05. The number of nitrogens with zero attached hydrogens (tertiary/aromatic N) is 4. The highest BCUT2D eigenvalue weighted by molar-refractivity contribution is 5.90. The Morgan fingerprint density at radius 1 is 1.39 bits per heavy atom. The monoisotopic (exact) mass is 316 g/mol. The molecular formula is C16H20N4O3. The fourth-order valence-electron chi connectivity index (χ4n) is 2.51. The third-order valence-corrected chi connectivity index (χ3v) is 4.18. The molecule has 0 saturated heterocycles. The quantitative estimate of drug-likeness (QED) is 0.759. The molecule has 1 fully saturated rings. The van der Waals surface area contributed by atoms with Crippen LogP contribution >= 0.6 is 0 Å². The van der Waals surface area contributed by atoms with Crippen molar-refractivity contribution in [2.75, 3.05) is 13.7 Å². The van der Waals surface area contributed by atoms with Gasteiger partial charge in [-0.1, -0.05) is 13.8 Å². The van der Waals surface area contributed by atoms with E-state index in [-0.39, 0.29) is 5.97 Å². The summed E-state index contributed by atoms with van der Waals surface area (Å²) in [5.41, 5.74) is 1.25. The van der Waals surface area contributed by atoms with Crippen LogP contribution in [0.3, 0.4) is 0 Å². The maximum atomic E-state index is 12.3. The molecule has 2 heterocycles. The summed E-state index contributed by atoms with van der Waals surface area (Å²) >= 11 is 0. The topological polar surface area (TPSA) is 79.1 Å². The van der Waals surface area contributed by atoms with Gasteiger partial charge in [0.2, 0.25) is 5.88 Å². The first-order chi connectivity index (χ1) is 11.1. The van der Waals surface area contributed by atoms with E-state index in [1.807, 2.05) is 6.92 Å². The van der Waals surface area contributed by atoms with Gasteiger partial charge in [-0.25, -0.2) is 9.48 Å². The minimum atomic E-state index is -0.325. The van der Waals surface area contributed by atoms with Gasteiger partial charge in [0.05, 0.1) is 25.6 Å². The lowest BCUT2D eigenvalue weighted by Gasteiger charge is -2.07. The number of carbonyl (C=O) groups excluding carboxylic acids is 1. The van der Waals surface area contributed by atoms with Crippen LogP contribution in [0, 0.1) is 11.8 Å². The third-order valence-electron chi connectivity index (χ3n) is 4.18. The van der Waals surface area contributed by atoms with Gasteiger partial charge in [0.25, 0.3) is 0 Å². The van der Waals surface area contributed by atoms with E-state index in [1.165, 1.54) is 13.3 Å². The Bertz CT molecular complexity index is 696. The van der Waals surface area contributed by atoms with Gasteiger partial charge in [-0.2, -0.15) is 5.10 Å². The highest BCUT2D eigenvalue weighted by atomic mass is 16.5. The molecule has 2 unspecified atom stereocenters. The number of hydrogen-bond donors (Lipinski definition) is 0. The number of esters is 1. The molecular weight excluding hydrogens is 296 g/mol. The Morgan fingerprint density at radius 3 is 2.74 bits per heavy atom. The van der Waals surface area contributed by atoms with Crippen molar-refractivity contribution in [2.45, 2.75) is 26.7 Å². The molecule has 2 aromatic heterocycles. The minimum absolute atomic E-state index is 0.325. The first-order valence-corrected chi connectivity index (χ1v) is 7.76. The summed E-state index contributed by atoms with van der Waals surface area (Å²) in [6.45, 7) is 4.61. The summed E-state index contributed by atoms with van der Waals surface area (Å²) in [5, 5.41) is 12.3. The number of rotatable bonds is 6. The van der Waals surface area contributed by atoms with Crippen LogP contribution in [-0.2, 0) is 11.2 Å². The maximum Gasteiger partial charge on any atom is 0.341 e. The summed E-state index contributed by atoms with van der Waals surface area (Å²) in [5.74, 6) is 1.81. The number of methoxy groups -OCH3 is 1. The van der Waals surface area contributed by atoms with E-state index in [9.17, 15) is 4.79 Å². The molecule has 2 aromatic rings. The fraction of sp³-hybridized carbons (Fsp3) is 0.500. The average molecular weight is 316 g/mol. The molecule has 122 valence electrons. The van der Waals surface area contributed by atoms with Crippen LogP contribution in [0.15, 0.2) is 18.3 Å². The normalized spacial score (nSPS) is 19.4. The second-order valence-electron chi connectivity index (χ2n) is 5.78. The molecule has 0 radical (unpaired) electrons. The van der Waals surface area contributed by atoms with Crippen molar-refractivity contribution >= 4 is 5.97 Å². The lowest BCUT2D eigenvalue weighted by Crippen LogP contribution is -2.12. The van der Waals surface area contributed by atoms with E-state index >= 15 is 0 Å². The molecule has 0 amide bonds. The predicted molar refractivity (Wildman–Crippen MR) is 82.6 cm³/mol. The molecule has 1 saturated carbocycles. The summed E-state index contributed by atoms with van der Waals surface area (Å²) in [6, 6.07) is 3.45. The second kappa shape index (κ2) is 6.36. The van der Waals surface area contributed by atoms with Gasteiger partial charge in [0, 0.05) is 6.07 Å². The van der Waals surface area contributed by atoms with Crippen LogP contribution in [0.1, 0.15) is 36.3 Å². The Balaban J connectivity index is 1.79. The van der Waals surface area contributed by atoms with E-state index in [1.54, 1.807) is 16.8 Å². The van der Waals surface area contributed by atoms with Crippen molar-refractivity contribution in [3.8, 4) is 11.7 Å². The van der Waals surface area contributed by atoms with Crippen LogP contribution in [0.2, 0.25) is 0 Å². The zero-order valence-corrected chi connectivity index (χ0v) is 13.5. The molecule has 0 N–H and O–H groups in total. The van der Waals surface area contributed by atoms with Gasteiger partial charge in [-0.15, -0.1) is 10.2 Å². The third kappa shape index (κ3) is 3.18. The average Bonchev–Trinajstić information content (AvgIpc) is 3.12. The van der Waals surface area contributed by atoms with E-state index in [2.05, 4.69) is 22.2 Å². The van der Waals surface area contributed by atoms with Crippen molar-refractivity contribution in [1.82, 2.24) is 20.0 Å². The summed E-state index contributed by atoms with van der Waals surface area (Å²) < 4.78 is 12.0. The molecule has 1 aliphatic carbocycles. The fourth-order valence-corrected chi connectivity index (χ4v) is 2.51. The lowest BCUT2D eigenvalue weighted by molar-refractivity contribution is 0.0480. The lowest BCUT2D eigenvalue weighted by atomic mass is 10.2. The molecule has 7 heteroatoms. The second-order valence-corrected chi connectivity index (χ2v) is 5.78. The van der Waals surface area contributed by atoms with Crippen LogP contribution < -0.4 is 4.74 Å². The zero-order chi connectivity index (χ0) is 16.4. The van der Waals surface area contributed by atoms with Gasteiger partial charge >= 0.3 is 5.97 Å². The smallest absolute Gasteiger partial charge is 0.341 e. The van der Waals surface area contributed by atoms with Gasteiger partial charge in [-0.3, -0.25) is 0 Å². The maximum absolute atomic E-state index is 12.3. The Labute approximate surface area is 134 Å². The summed E-state index contributed by atoms with van der Waals surface area (Å²) in [6.07, 6.45) is 3.30. The molecule has 1 aliphatic rings. The summed E-state index contributed by atoms with van der Waals surface area (Å²) in [4.78, 5) is 12.3. The highest BCUT2D eigenvalue weighted by Crippen LogP contribution is 2.37. The van der Waals surface area contributed by atoms with Crippen molar-refractivity contribution in [3.05, 3.63) is 29.6 Å². The standard InChI is InChI=1S/C16H20N4O3/c1-4-13-12(16(21)23-9-11-7-10(11)2)8-17-20(13)14-5-6-15(22-3)19-18-14/h5-6,8,10-11H,4,7,9H2,1-3H3. The van der Waals surface area contributed by atoms with E-state index in [4.69, 9.17) is 9.47 Å². The number of hydrogen-bond acceptors (Lipinski definition) is 6. The minimum Gasteiger partial charge on any atom is -0.480 e. The number of ether oxygens (including phenoxy) is 2. The Hall–Kier alpha value is -2.44. The summed E-state index contributed by atoms with van der Waals surface area (Å²) in [7, 11) is 1.53. The molecule has 23 heavy (non-hydrogen) atoms. The van der Waals surface area contributed by atoms with Gasteiger partial charge in [0.1, 0.15) is 5.56 Å². The molecule has 0 aliphatic heterocycles. The molecule has 0 aromatic carbocycles. The molecule has 0 spiro atoms. The van der Waals surface area contributed by atoms with Crippen molar-refractivity contribution < 1.29 is 14.3 Å². The van der Waals surface area contributed by atoms with Gasteiger partial charge in [0.15, 0.2) is 5.82 Å². The SMILES string of the molecule is CCc1c(C(=O)OCC2CC2C)cnn1-c1ccc(OC)nn1.